The molecule has 0 aliphatic heterocycles. The van der Waals surface area contributed by atoms with Crippen molar-refractivity contribution in [2.75, 3.05) is 12.3 Å². The van der Waals surface area contributed by atoms with Crippen LogP contribution in [0.3, 0.4) is 0 Å². The molecule has 1 aromatic rings. The molecule has 1 rings (SSSR count). The Hall–Kier alpha value is -2.73. The summed E-state index contributed by atoms with van der Waals surface area (Å²) >= 11 is 1.05. The van der Waals surface area contributed by atoms with Gasteiger partial charge in [0.15, 0.2) is 10.8 Å². The van der Waals surface area contributed by atoms with E-state index in [2.05, 4.69) is 15.5 Å². The van der Waals surface area contributed by atoms with E-state index in [0.717, 1.165) is 11.3 Å². The molecule has 0 fully saturated rings. The molecule has 0 unspecified atom stereocenters. The topological polar surface area (TPSA) is 179 Å². The Morgan fingerprint density at radius 1 is 1.44 bits per heavy atom. The first-order chi connectivity index (χ1) is 12.5. The summed E-state index contributed by atoms with van der Waals surface area (Å²) < 4.78 is 4.89. The van der Waals surface area contributed by atoms with Crippen LogP contribution in [0.4, 0.5) is 5.13 Å². The van der Waals surface area contributed by atoms with E-state index in [-0.39, 0.29) is 23.1 Å². The molecule has 1 heterocycles. The van der Waals surface area contributed by atoms with Gasteiger partial charge in [0.1, 0.15) is 11.7 Å². The fraction of sp³-hybridized carbons (Fsp3) is 0.533. The maximum atomic E-state index is 12.7. The Morgan fingerprint density at radius 2 is 2.07 bits per heavy atom. The third-order valence-electron chi connectivity index (χ3n) is 3.21. The van der Waals surface area contributed by atoms with Gasteiger partial charge in [-0.1, -0.05) is 5.16 Å². The Kier molecular flexibility index (Phi) is 7.67. The molecule has 6 N–H and O–H groups in total. The molecule has 150 valence electrons. The number of hydrogen-bond acceptors (Lipinski definition) is 10. The van der Waals surface area contributed by atoms with Gasteiger partial charge < -0.3 is 31.5 Å². The lowest BCUT2D eigenvalue weighted by Crippen LogP contribution is -2.53. The van der Waals surface area contributed by atoms with E-state index in [1.807, 2.05) is 0 Å². The van der Waals surface area contributed by atoms with Gasteiger partial charge in [0.05, 0.1) is 6.61 Å². The van der Waals surface area contributed by atoms with Crippen molar-refractivity contribution in [1.82, 2.24) is 10.3 Å². The van der Waals surface area contributed by atoms with Gasteiger partial charge in [-0.2, -0.15) is 0 Å². The Bertz CT molecular complexity index is 730. The number of thiazole rings is 1. The van der Waals surface area contributed by atoms with Crippen molar-refractivity contribution in [2.45, 2.75) is 45.4 Å². The summed E-state index contributed by atoms with van der Waals surface area (Å²) in [6.07, 6.45) is 0. The SMILES string of the molecule is CCOC(=O)[C@@H](NC(=O)/C(=N\OC(C)(C)C(=O)O)c1csc(N)n1)[C@@H](C)N. The summed E-state index contributed by atoms with van der Waals surface area (Å²) in [5, 5.41) is 16.8. The van der Waals surface area contributed by atoms with E-state index in [1.165, 1.54) is 26.2 Å². The van der Waals surface area contributed by atoms with E-state index < -0.39 is 35.5 Å². The first-order valence-corrected chi connectivity index (χ1v) is 8.81. The van der Waals surface area contributed by atoms with Crippen LogP contribution in [0.1, 0.15) is 33.4 Å². The number of oxime groups is 1. The summed E-state index contributed by atoms with van der Waals surface area (Å²) in [6, 6.07) is -1.91. The molecule has 0 aromatic carbocycles. The first kappa shape index (κ1) is 22.3. The zero-order valence-corrected chi connectivity index (χ0v) is 16.2. The van der Waals surface area contributed by atoms with Crippen LogP contribution in [0, 0.1) is 0 Å². The van der Waals surface area contributed by atoms with Crippen LogP contribution < -0.4 is 16.8 Å². The molecule has 0 aliphatic rings. The fourth-order valence-electron chi connectivity index (χ4n) is 1.65. The smallest absolute Gasteiger partial charge is 0.350 e. The van der Waals surface area contributed by atoms with Crippen molar-refractivity contribution in [3.8, 4) is 0 Å². The molecule has 11 nitrogen and oxygen atoms in total. The van der Waals surface area contributed by atoms with Crippen LogP contribution in [-0.4, -0.2) is 57.9 Å². The molecule has 0 radical (unpaired) electrons. The second-order valence-electron chi connectivity index (χ2n) is 5.98. The summed E-state index contributed by atoms with van der Waals surface area (Å²) in [5.41, 5.74) is 9.32. The molecule has 0 saturated carbocycles. The van der Waals surface area contributed by atoms with E-state index in [1.54, 1.807) is 6.92 Å². The minimum absolute atomic E-state index is 0.0588. The van der Waals surface area contributed by atoms with Crippen LogP contribution in [0.2, 0.25) is 0 Å². The number of esters is 1. The highest BCUT2D eigenvalue weighted by Gasteiger charge is 2.32. The Balaban J connectivity index is 3.16. The summed E-state index contributed by atoms with van der Waals surface area (Å²) in [4.78, 5) is 44.7. The number of amides is 1. The van der Waals surface area contributed by atoms with Crippen molar-refractivity contribution in [2.24, 2.45) is 10.9 Å². The number of nitrogens with one attached hydrogen (secondary N) is 1. The molecule has 1 aromatic heterocycles. The zero-order valence-electron chi connectivity index (χ0n) is 15.4. The molecule has 2 atom stereocenters. The molecule has 1 amide bonds. The normalized spacial score (nSPS) is 14.2. The van der Waals surface area contributed by atoms with Gasteiger partial charge in [0, 0.05) is 11.4 Å². The molecular formula is C15H23N5O6S. The number of carboxylic acid groups (broad SMARTS) is 1. The lowest BCUT2D eigenvalue weighted by atomic mass is 10.1. The van der Waals surface area contributed by atoms with Gasteiger partial charge in [-0.3, -0.25) is 4.79 Å². The minimum atomic E-state index is -1.70. The second-order valence-corrected chi connectivity index (χ2v) is 6.87. The highest BCUT2D eigenvalue weighted by molar-refractivity contribution is 7.13. The largest absolute Gasteiger partial charge is 0.478 e. The number of aliphatic carboxylic acids is 1. The second kappa shape index (κ2) is 9.28. The maximum absolute atomic E-state index is 12.7. The van der Waals surface area contributed by atoms with E-state index in [4.69, 9.17) is 26.1 Å². The average molecular weight is 401 g/mol. The van der Waals surface area contributed by atoms with Crippen LogP contribution in [0.15, 0.2) is 10.5 Å². The number of carbonyl (C=O) groups excluding carboxylic acids is 2. The fourth-order valence-corrected chi connectivity index (χ4v) is 2.19. The number of nitrogens with two attached hydrogens (primary N) is 2. The standard InChI is InChI=1S/C15H23N5O6S/c1-5-25-12(22)9(7(2)16)19-11(21)10(8-6-27-14(17)18-8)20-26-15(3,4)13(23)24/h6-7,9H,5,16H2,1-4H3,(H2,17,18)(H,19,21)(H,23,24)/b20-10-/t7-,9+/m1/s1. The summed E-state index contributed by atoms with van der Waals surface area (Å²) in [7, 11) is 0. The monoisotopic (exact) mass is 401 g/mol. The third-order valence-corrected chi connectivity index (χ3v) is 3.89. The Labute approximate surface area is 159 Å². The molecule has 0 bridgehead atoms. The minimum Gasteiger partial charge on any atom is -0.478 e. The first-order valence-electron chi connectivity index (χ1n) is 7.93. The number of hydrogen-bond donors (Lipinski definition) is 4. The van der Waals surface area contributed by atoms with E-state index in [0.29, 0.717) is 0 Å². The van der Waals surface area contributed by atoms with Crippen LogP contribution in [-0.2, 0) is 24.0 Å². The third kappa shape index (κ3) is 6.18. The molecule has 12 heteroatoms. The van der Waals surface area contributed by atoms with Crippen LogP contribution in [0.25, 0.3) is 0 Å². The van der Waals surface area contributed by atoms with Crippen molar-refractivity contribution < 1.29 is 29.1 Å². The van der Waals surface area contributed by atoms with Gasteiger partial charge >= 0.3 is 11.9 Å². The van der Waals surface area contributed by atoms with Crippen LogP contribution in [0.5, 0.6) is 0 Å². The molecule has 27 heavy (non-hydrogen) atoms. The lowest BCUT2D eigenvalue weighted by Gasteiger charge is -2.21. The van der Waals surface area contributed by atoms with Gasteiger partial charge in [0.25, 0.3) is 5.91 Å². The van der Waals surface area contributed by atoms with Gasteiger partial charge in [-0.15, -0.1) is 11.3 Å². The molecule has 0 spiro atoms. The number of nitrogens with zero attached hydrogens (tertiary/aromatic N) is 2. The highest BCUT2D eigenvalue weighted by Crippen LogP contribution is 2.15. The van der Waals surface area contributed by atoms with Gasteiger partial charge in [-0.05, 0) is 27.7 Å². The zero-order chi connectivity index (χ0) is 20.8. The summed E-state index contributed by atoms with van der Waals surface area (Å²) in [6.45, 7) is 5.76. The van der Waals surface area contributed by atoms with Crippen LogP contribution >= 0.6 is 11.3 Å². The molecular weight excluding hydrogens is 378 g/mol. The number of carboxylic acids is 1. The number of ether oxygens (including phenoxy) is 1. The maximum Gasteiger partial charge on any atom is 0.350 e. The summed E-state index contributed by atoms with van der Waals surface area (Å²) in [5.74, 6) is -2.86. The number of rotatable bonds is 9. The average Bonchev–Trinajstić information content (AvgIpc) is 2.98. The predicted molar refractivity (Wildman–Crippen MR) is 98.1 cm³/mol. The number of carbonyl (C=O) groups is 3. The molecule has 0 aliphatic carbocycles. The van der Waals surface area contributed by atoms with Gasteiger partial charge in [0.2, 0.25) is 5.60 Å². The number of aromatic nitrogens is 1. The highest BCUT2D eigenvalue weighted by atomic mass is 32.1. The number of nitrogen functional groups attached to an aromatic ring is 1. The Morgan fingerprint density at radius 3 is 2.52 bits per heavy atom. The quantitative estimate of drug-likeness (QED) is 0.245. The van der Waals surface area contributed by atoms with Crippen molar-refractivity contribution in [3.05, 3.63) is 11.1 Å². The van der Waals surface area contributed by atoms with E-state index in [9.17, 15) is 14.4 Å². The van der Waals surface area contributed by atoms with E-state index >= 15 is 0 Å². The van der Waals surface area contributed by atoms with Crippen molar-refractivity contribution in [3.63, 3.8) is 0 Å². The lowest BCUT2D eigenvalue weighted by molar-refractivity contribution is -0.161. The van der Waals surface area contributed by atoms with Gasteiger partial charge in [-0.25, -0.2) is 14.6 Å². The van der Waals surface area contributed by atoms with Crippen molar-refractivity contribution in [1.29, 1.82) is 0 Å². The van der Waals surface area contributed by atoms with Crippen molar-refractivity contribution >= 4 is 40.0 Å². The number of anilines is 1. The molecule has 0 saturated heterocycles. The predicted octanol–water partition coefficient (Wildman–Crippen LogP) is -0.296.